The topological polar surface area (TPSA) is 71.1 Å². The van der Waals surface area contributed by atoms with E-state index >= 15 is 0 Å². The molecule has 0 unspecified atom stereocenters. The number of hydrogen-bond acceptors (Lipinski definition) is 5. The fourth-order valence-corrected chi connectivity index (χ4v) is 6.16. The number of para-hydroxylation sites is 1. The molecule has 0 radical (unpaired) electrons. The fourth-order valence-electron chi connectivity index (χ4n) is 5.04. The molecule has 2 aromatic carbocycles. The van der Waals surface area contributed by atoms with Gasteiger partial charge in [0.2, 0.25) is 5.91 Å². The molecule has 0 bridgehead atoms. The molecule has 1 fully saturated rings. The van der Waals surface area contributed by atoms with E-state index in [-0.39, 0.29) is 30.6 Å². The molecule has 0 spiro atoms. The number of nitrogens with one attached hydrogen (secondary N) is 1. The number of thiophene rings is 1. The number of aryl methyl sites for hydroxylation is 1. The summed E-state index contributed by atoms with van der Waals surface area (Å²) < 4.78 is 12.0. The molecule has 3 amide bonds. The van der Waals surface area contributed by atoms with Crippen LogP contribution in [0.2, 0.25) is 5.02 Å². The SMILES string of the molecule is Cc1ccccc1OC[C@@H]1c2ccsc2CCN1C(=O)CN(C[C@@H]1CCCO1)C(=O)Nc1cccc(Cl)c1. The van der Waals surface area contributed by atoms with Crippen LogP contribution in [0.25, 0.3) is 0 Å². The molecule has 3 aromatic rings. The quantitative estimate of drug-likeness (QED) is 0.375. The van der Waals surface area contributed by atoms with E-state index in [4.69, 9.17) is 21.1 Å². The number of rotatable bonds is 8. The number of hydrogen-bond donors (Lipinski definition) is 1. The monoisotopic (exact) mass is 553 g/mol. The summed E-state index contributed by atoms with van der Waals surface area (Å²) in [5.74, 6) is 0.697. The molecule has 2 aliphatic heterocycles. The van der Waals surface area contributed by atoms with E-state index in [9.17, 15) is 9.59 Å². The van der Waals surface area contributed by atoms with E-state index in [0.717, 1.165) is 36.1 Å². The van der Waals surface area contributed by atoms with Gasteiger partial charge in [-0.05, 0) is 73.0 Å². The fraction of sp³-hybridized carbons (Fsp3) is 0.379. The molecule has 9 heteroatoms. The molecule has 7 nitrogen and oxygen atoms in total. The van der Waals surface area contributed by atoms with E-state index in [1.165, 1.54) is 4.88 Å². The van der Waals surface area contributed by atoms with Gasteiger partial charge in [-0.3, -0.25) is 4.79 Å². The number of halogens is 1. The number of ether oxygens (including phenoxy) is 2. The highest BCUT2D eigenvalue weighted by molar-refractivity contribution is 7.10. The minimum atomic E-state index is -0.350. The van der Waals surface area contributed by atoms with Crippen LogP contribution in [-0.2, 0) is 16.0 Å². The summed E-state index contributed by atoms with van der Waals surface area (Å²) in [4.78, 5) is 31.8. The molecule has 0 saturated carbocycles. The van der Waals surface area contributed by atoms with Gasteiger partial charge in [-0.25, -0.2) is 4.79 Å². The normalized spacial score (nSPS) is 18.6. The number of amides is 3. The molecule has 200 valence electrons. The second kappa shape index (κ2) is 12.2. The lowest BCUT2D eigenvalue weighted by atomic mass is 10.0. The van der Waals surface area contributed by atoms with Crippen LogP contribution in [0, 0.1) is 6.92 Å². The highest BCUT2D eigenvalue weighted by atomic mass is 35.5. The number of anilines is 1. The number of benzene rings is 2. The van der Waals surface area contributed by atoms with Crippen LogP contribution >= 0.6 is 22.9 Å². The lowest BCUT2D eigenvalue weighted by Gasteiger charge is -2.37. The zero-order valence-corrected chi connectivity index (χ0v) is 23.0. The first-order valence-electron chi connectivity index (χ1n) is 12.9. The average Bonchev–Trinajstić information content (AvgIpc) is 3.60. The van der Waals surface area contributed by atoms with Crippen molar-refractivity contribution in [2.24, 2.45) is 0 Å². The maximum absolute atomic E-state index is 13.8. The van der Waals surface area contributed by atoms with Crippen LogP contribution < -0.4 is 10.1 Å². The van der Waals surface area contributed by atoms with E-state index in [2.05, 4.69) is 16.8 Å². The predicted octanol–water partition coefficient (Wildman–Crippen LogP) is 5.93. The Balaban J connectivity index is 1.33. The molecule has 1 N–H and O–H groups in total. The minimum Gasteiger partial charge on any atom is -0.491 e. The molecule has 38 heavy (non-hydrogen) atoms. The van der Waals surface area contributed by atoms with Crippen LogP contribution in [0.15, 0.2) is 60.0 Å². The molecule has 2 aliphatic rings. The van der Waals surface area contributed by atoms with E-state index in [1.54, 1.807) is 40.5 Å². The van der Waals surface area contributed by atoms with Crippen molar-refractivity contribution < 1.29 is 19.1 Å². The highest BCUT2D eigenvalue weighted by Gasteiger charge is 2.34. The molecular weight excluding hydrogens is 522 g/mol. The molecule has 5 rings (SSSR count). The highest BCUT2D eigenvalue weighted by Crippen LogP contribution is 2.34. The van der Waals surface area contributed by atoms with Crippen molar-refractivity contribution in [1.82, 2.24) is 9.80 Å². The number of nitrogens with zero attached hydrogens (tertiary/aromatic N) is 2. The summed E-state index contributed by atoms with van der Waals surface area (Å²) >= 11 is 7.82. The third-order valence-electron chi connectivity index (χ3n) is 7.04. The second-order valence-corrected chi connectivity index (χ2v) is 11.1. The van der Waals surface area contributed by atoms with Gasteiger partial charge in [-0.2, -0.15) is 0 Å². The van der Waals surface area contributed by atoms with Crippen LogP contribution in [-0.4, -0.2) is 60.7 Å². The summed E-state index contributed by atoms with van der Waals surface area (Å²) in [5, 5.41) is 5.49. The van der Waals surface area contributed by atoms with Gasteiger partial charge in [0, 0.05) is 35.3 Å². The third-order valence-corrected chi connectivity index (χ3v) is 8.27. The summed E-state index contributed by atoms with van der Waals surface area (Å²) in [6, 6.07) is 16.4. The van der Waals surface area contributed by atoms with Gasteiger partial charge >= 0.3 is 6.03 Å². The number of fused-ring (bicyclic) bond motifs is 1. The first-order chi connectivity index (χ1) is 18.5. The van der Waals surface area contributed by atoms with Crippen molar-refractivity contribution in [2.75, 3.05) is 38.2 Å². The van der Waals surface area contributed by atoms with Crippen LogP contribution in [0.1, 0.15) is 34.9 Å². The van der Waals surface area contributed by atoms with E-state index in [1.807, 2.05) is 36.1 Å². The first kappa shape index (κ1) is 26.5. The number of urea groups is 1. The standard InChI is InChI=1S/C29H32ClN3O4S/c1-20-6-2-3-10-26(20)37-19-25-24-12-15-38-27(24)11-13-33(25)28(34)18-32(17-23-9-5-14-36-23)29(35)31-22-8-4-7-21(30)16-22/h2-4,6-8,10,12,15-16,23,25H,5,9,11,13-14,17-19H2,1H3,(H,31,35)/t23-,25+/m0/s1. The summed E-state index contributed by atoms with van der Waals surface area (Å²) in [6.07, 6.45) is 2.52. The lowest BCUT2D eigenvalue weighted by Crippen LogP contribution is -2.50. The Bertz CT molecular complexity index is 1280. The Morgan fingerprint density at radius 2 is 2.08 bits per heavy atom. The Hall–Kier alpha value is -3.07. The van der Waals surface area contributed by atoms with Crippen LogP contribution in [0.5, 0.6) is 5.75 Å². The molecule has 2 atom stereocenters. The molecule has 1 saturated heterocycles. The van der Waals surface area contributed by atoms with Gasteiger partial charge in [0.1, 0.15) is 18.9 Å². The first-order valence-corrected chi connectivity index (χ1v) is 14.2. The van der Waals surface area contributed by atoms with Crippen molar-refractivity contribution in [3.8, 4) is 5.75 Å². The Morgan fingerprint density at radius 1 is 1.21 bits per heavy atom. The van der Waals surface area contributed by atoms with Gasteiger partial charge in [-0.1, -0.05) is 35.9 Å². The molecule has 3 heterocycles. The Kier molecular flexibility index (Phi) is 8.51. The second-order valence-electron chi connectivity index (χ2n) is 9.68. The van der Waals surface area contributed by atoms with E-state index in [0.29, 0.717) is 37.0 Å². The van der Waals surface area contributed by atoms with Crippen molar-refractivity contribution in [2.45, 2.75) is 38.3 Å². The molecule has 0 aliphatic carbocycles. The number of carbonyl (C=O) groups excluding carboxylic acids is 2. The predicted molar refractivity (Wildman–Crippen MR) is 150 cm³/mol. The summed E-state index contributed by atoms with van der Waals surface area (Å²) in [5.41, 5.74) is 2.75. The molecular formula is C29H32ClN3O4S. The maximum atomic E-state index is 13.8. The van der Waals surface area contributed by atoms with Gasteiger partial charge in [-0.15, -0.1) is 11.3 Å². The third kappa shape index (κ3) is 6.31. The van der Waals surface area contributed by atoms with Crippen LogP contribution in [0.3, 0.4) is 0 Å². The Morgan fingerprint density at radius 3 is 2.87 bits per heavy atom. The zero-order chi connectivity index (χ0) is 26.5. The summed E-state index contributed by atoms with van der Waals surface area (Å²) in [6.45, 7) is 3.91. The van der Waals surface area contributed by atoms with Crippen molar-refractivity contribution in [1.29, 1.82) is 0 Å². The maximum Gasteiger partial charge on any atom is 0.322 e. The molecule has 1 aromatic heterocycles. The minimum absolute atomic E-state index is 0.0490. The van der Waals surface area contributed by atoms with Crippen LogP contribution in [0.4, 0.5) is 10.5 Å². The van der Waals surface area contributed by atoms with Crippen molar-refractivity contribution in [3.05, 3.63) is 81.0 Å². The van der Waals surface area contributed by atoms with Crippen molar-refractivity contribution >= 4 is 40.6 Å². The largest absolute Gasteiger partial charge is 0.491 e. The van der Waals surface area contributed by atoms with Gasteiger partial charge in [0.05, 0.1) is 12.1 Å². The zero-order valence-electron chi connectivity index (χ0n) is 21.4. The van der Waals surface area contributed by atoms with Gasteiger partial charge in [0.25, 0.3) is 0 Å². The van der Waals surface area contributed by atoms with Crippen molar-refractivity contribution in [3.63, 3.8) is 0 Å². The Labute approximate surface area is 232 Å². The average molecular weight is 554 g/mol. The summed E-state index contributed by atoms with van der Waals surface area (Å²) in [7, 11) is 0. The van der Waals surface area contributed by atoms with E-state index < -0.39 is 0 Å². The van der Waals surface area contributed by atoms with Gasteiger partial charge < -0.3 is 24.6 Å². The number of carbonyl (C=O) groups is 2. The lowest BCUT2D eigenvalue weighted by molar-refractivity contribution is -0.135. The van der Waals surface area contributed by atoms with Gasteiger partial charge in [0.15, 0.2) is 0 Å². The smallest absolute Gasteiger partial charge is 0.322 e.